The van der Waals surface area contributed by atoms with Gasteiger partial charge < -0.3 is 26.6 Å². The Hall–Kier alpha value is -0.0900. The maximum Gasteiger partial charge on any atom is 0.359 e. The van der Waals surface area contributed by atoms with Gasteiger partial charge in [-0.05, 0) is 6.42 Å². The Morgan fingerprint density at radius 2 is 1.93 bits per heavy atom. The number of aliphatic carboxylic acids is 1. The van der Waals surface area contributed by atoms with Crippen LogP contribution in [0.5, 0.6) is 0 Å². The van der Waals surface area contributed by atoms with Crippen molar-refractivity contribution in [3.63, 3.8) is 0 Å². The second kappa shape index (κ2) is 6.40. The Morgan fingerprint density at radius 3 is 2.36 bits per heavy atom. The van der Waals surface area contributed by atoms with E-state index in [1.54, 1.807) is 0 Å². The molecule has 0 unspecified atom stereocenters. The molecule has 0 aromatic rings. The van der Waals surface area contributed by atoms with Gasteiger partial charge in [-0.3, -0.25) is 0 Å². The third-order valence-electron chi connectivity index (χ3n) is 2.97. The maximum absolute atomic E-state index is 10.7. The van der Waals surface area contributed by atoms with Crippen LogP contribution in [0.3, 0.4) is 0 Å². The fourth-order valence-electron chi connectivity index (χ4n) is 2.25. The third kappa shape index (κ3) is 3.96. The van der Waals surface area contributed by atoms with Crippen molar-refractivity contribution in [3.8, 4) is 0 Å². The Balaban J connectivity index is 0.00000169. The van der Waals surface area contributed by atoms with Crippen LogP contribution in [0.1, 0.15) is 32.6 Å². The van der Waals surface area contributed by atoms with Crippen LogP contribution in [0.25, 0.3) is 0 Å². The molecule has 0 saturated carbocycles. The number of rotatable bonds is 5. The highest BCUT2D eigenvalue weighted by atomic mass is 79.9. The molecule has 1 saturated heterocycles. The highest BCUT2D eigenvalue weighted by Gasteiger charge is 2.33. The number of nitrogens with zero attached hydrogens (tertiary/aromatic N) is 1. The summed E-state index contributed by atoms with van der Waals surface area (Å²) < 4.78 is 0.836. The van der Waals surface area contributed by atoms with E-state index < -0.39 is 5.97 Å². The van der Waals surface area contributed by atoms with Crippen molar-refractivity contribution in [1.82, 2.24) is 0 Å². The Morgan fingerprint density at radius 1 is 1.36 bits per heavy atom. The van der Waals surface area contributed by atoms with Crippen molar-refractivity contribution in [1.29, 1.82) is 0 Å². The lowest BCUT2D eigenvalue weighted by molar-refractivity contribution is -0.910. The first kappa shape index (κ1) is 13.9. The highest BCUT2D eigenvalue weighted by molar-refractivity contribution is 5.67. The zero-order valence-electron chi connectivity index (χ0n) is 8.84. The number of hydrogen-bond acceptors (Lipinski definition) is 1. The average molecular weight is 266 g/mol. The summed E-state index contributed by atoms with van der Waals surface area (Å²) in [6.45, 7) is 5.70. The van der Waals surface area contributed by atoms with Gasteiger partial charge in [0.2, 0.25) is 0 Å². The summed E-state index contributed by atoms with van der Waals surface area (Å²) >= 11 is 0. The van der Waals surface area contributed by atoms with Crippen molar-refractivity contribution in [3.05, 3.63) is 0 Å². The summed E-state index contributed by atoms with van der Waals surface area (Å²) in [4.78, 5) is 10.7. The molecule has 1 rings (SSSR count). The van der Waals surface area contributed by atoms with Crippen LogP contribution in [0.2, 0.25) is 0 Å². The summed E-state index contributed by atoms with van der Waals surface area (Å²) in [5.74, 6) is -0.641. The van der Waals surface area contributed by atoms with Gasteiger partial charge in [0, 0.05) is 12.8 Å². The van der Waals surface area contributed by atoms with Gasteiger partial charge in [0.25, 0.3) is 0 Å². The molecule has 84 valence electrons. The molecule has 0 spiro atoms. The van der Waals surface area contributed by atoms with Gasteiger partial charge in [-0.15, -0.1) is 0 Å². The normalized spacial score (nSPS) is 18.9. The van der Waals surface area contributed by atoms with E-state index in [2.05, 4.69) is 6.92 Å². The van der Waals surface area contributed by atoms with Crippen molar-refractivity contribution in [2.45, 2.75) is 32.6 Å². The molecule has 0 amide bonds. The summed E-state index contributed by atoms with van der Waals surface area (Å²) in [6.07, 6.45) is 4.74. The fraction of sp³-hybridized carbons (Fsp3) is 0.900. The fourth-order valence-corrected chi connectivity index (χ4v) is 2.25. The van der Waals surface area contributed by atoms with Crippen molar-refractivity contribution >= 4 is 5.97 Å². The van der Waals surface area contributed by atoms with Crippen LogP contribution in [-0.4, -0.2) is 41.7 Å². The predicted octanol–water partition coefficient (Wildman–Crippen LogP) is -1.51. The summed E-state index contributed by atoms with van der Waals surface area (Å²) in [7, 11) is 0. The average Bonchev–Trinajstić information content (AvgIpc) is 2.49. The van der Waals surface area contributed by atoms with E-state index in [-0.39, 0.29) is 17.0 Å². The number of carboxylic acid groups (broad SMARTS) is 1. The van der Waals surface area contributed by atoms with Gasteiger partial charge in [-0.1, -0.05) is 13.3 Å². The van der Waals surface area contributed by atoms with E-state index in [0.29, 0.717) is 6.54 Å². The van der Waals surface area contributed by atoms with E-state index in [1.165, 1.54) is 19.3 Å². The van der Waals surface area contributed by atoms with Crippen molar-refractivity contribution in [2.24, 2.45) is 0 Å². The predicted molar refractivity (Wildman–Crippen MR) is 51.5 cm³/mol. The van der Waals surface area contributed by atoms with Crippen LogP contribution in [-0.2, 0) is 4.79 Å². The molecule has 0 atom stereocenters. The van der Waals surface area contributed by atoms with Crippen LogP contribution < -0.4 is 17.0 Å². The molecule has 0 aromatic heterocycles. The smallest absolute Gasteiger partial charge is 0.359 e. The molecule has 0 aromatic carbocycles. The standard InChI is InChI=1S/C10H19NO2.BrH/c1-2-3-6-11(9-10(12)13)7-4-5-8-11;/h2-9H2,1H3;1H. The topological polar surface area (TPSA) is 37.3 Å². The molecule has 1 N–H and O–H groups in total. The number of hydrogen-bond donors (Lipinski definition) is 1. The Labute approximate surface area is 96.5 Å². The SMILES string of the molecule is CCCC[N+]1(CC(=O)O)CCCC1.[Br-]. The first-order valence-electron chi connectivity index (χ1n) is 5.25. The number of likely N-dealkylation sites (tertiary alicyclic amines) is 1. The molecular formula is C10H20BrNO2. The van der Waals surface area contributed by atoms with Crippen LogP contribution >= 0.6 is 0 Å². The van der Waals surface area contributed by atoms with Gasteiger partial charge in [0.15, 0.2) is 6.54 Å². The van der Waals surface area contributed by atoms with Gasteiger partial charge in [-0.2, -0.15) is 0 Å². The number of unbranched alkanes of at least 4 members (excludes halogenated alkanes) is 1. The van der Waals surface area contributed by atoms with E-state index in [0.717, 1.165) is 30.5 Å². The number of carboxylic acids is 1. The molecule has 1 aliphatic heterocycles. The van der Waals surface area contributed by atoms with Crippen molar-refractivity contribution < 1.29 is 31.4 Å². The van der Waals surface area contributed by atoms with Gasteiger partial charge in [-0.25, -0.2) is 4.79 Å². The lowest BCUT2D eigenvalue weighted by Gasteiger charge is -2.32. The molecule has 14 heavy (non-hydrogen) atoms. The number of halogens is 1. The van der Waals surface area contributed by atoms with Gasteiger partial charge >= 0.3 is 5.97 Å². The molecule has 0 bridgehead atoms. The Bertz CT molecular complexity index is 179. The van der Waals surface area contributed by atoms with E-state index in [9.17, 15) is 4.79 Å². The van der Waals surface area contributed by atoms with Crippen LogP contribution in [0.4, 0.5) is 0 Å². The van der Waals surface area contributed by atoms with E-state index in [4.69, 9.17) is 5.11 Å². The molecular weight excluding hydrogens is 246 g/mol. The zero-order chi connectivity index (χ0) is 9.73. The lowest BCUT2D eigenvalue weighted by atomic mass is 10.2. The molecule has 0 aliphatic carbocycles. The first-order valence-corrected chi connectivity index (χ1v) is 5.25. The number of carbonyl (C=O) groups is 1. The molecule has 0 radical (unpaired) electrons. The lowest BCUT2D eigenvalue weighted by Crippen LogP contribution is -3.00. The Kier molecular flexibility index (Phi) is 6.36. The minimum Gasteiger partial charge on any atom is -1.00 e. The molecule has 4 heteroatoms. The van der Waals surface area contributed by atoms with Gasteiger partial charge in [0.05, 0.1) is 19.6 Å². The third-order valence-corrected chi connectivity index (χ3v) is 2.97. The summed E-state index contributed by atoms with van der Waals surface area (Å²) in [5.41, 5.74) is 0. The minimum absolute atomic E-state index is 0. The second-order valence-electron chi connectivity index (χ2n) is 4.12. The summed E-state index contributed by atoms with van der Waals surface area (Å²) in [6, 6.07) is 0. The second-order valence-corrected chi connectivity index (χ2v) is 4.12. The quantitative estimate of drug-likeness (QED) is 0.614. The van der Waals surface area contributed by atoms with Crippen LogP contribution in [0.15, 0.2) is 0 Å². The first-order chi connectivity index (χ1) is 6.18. The monoisotopic (exact) mass is 265 g/mol. The highest BCUT2D eigenvalue weighted by Crippen LogP contribution is 2.20. The largest absolute Gasteiger partial charge is 1.00 e. The van der Waals surface area contributed by atoms with Crippen molar-refractivity contribution in [2.75, 3.05) is 26.2 Å². The van der Waals surface area contributed by atoms with E-state index >= 15 is 0 Å². The molecule has 1 fully saturated rings. The zero-order valence-corrected chi connectivity index (χ0v) is 10.4. The van der Waals surface area contributed by atoms with Crippen LogP contribution in [0, 0.1) is 0 Å². The number of quaternary nitrogens is 1. The van der Waals surface area contributed by atoms with Gasteiger partial charge in [0.1, 0.15) is 0 Å². The van der Waals surface area contributed by atoms with E-state index in [1.807, 2.05) is 0 Å². The molecule has 1 aliphatic rings. The summed E-state index contributed by atoms with van der Waals surface area (Å²) in [5, 5.41) is 8.82. The maximum atomic E-state index is 10.7. The molecule has 3 nitrogen and oxygen atoms in total. The molecule has 1 heterocycles. The minimum atomic E-state index is -0.641.